The molecule has 3 amide bonds. The molecule has 2 aliphatic rings. The van der Waals surface area contributed by atoms with E-state index in [4.69, 9.17) is 4.74 Å². The third-order valence-electron chi connectivity index (χ3n) is 5.53. The molecule has 1 aliphatic heterocycles. The van der Waals surface area contributed by atoms with Gasteiger partial charge in [-0.2, -0.15) is 0 Å². The molecule has 1 saturated carbocycles. The van der Waals surface area contributed by atoms with Gasteiger partial charge in [0.2, 0.25) is 5.91 Å². The van der Waals surface area contributed by atoms with Crippen molar-refractivity contribution in [3.05, 3.63) is 29.8 Å². The summed E-state index contributed by atoms with van der Waals surface area (Å²) in [4.78, 5) is 38.8. The third kappa shape index (κ3) is 4.40. The van der Waals surface area contributed by atoms with Gasteiger partial charge in [-0.05, 0) is 49.8 Å². The van der Waals surface area contributed by atoms with Crippen molar-refractivity contribution in [1.82, 2.24) is 10.2 Å². The molecule has 2 fully saturated rings. The van der Waals surface area contributed by atoms with Crippen LogP contribution in [0.5, 0.6) is 0 Å². The van der Waals surface area contributed by atoms with E-state index in [0.717, 1.165) is 31.2 Å². The number of nitrogens with one attached hydrogen (secondary N) is 2. The Bertz CT molecular complexity index is 721. The van der Waals surface area contributed by atoms with Crippen molar-refractivity contribution in [3.63, 3.8) is 0 Å². The summed E-state index contributed by atoms with van der Waals surface area (Å²) in [7, 11) is 1.35. The number of carbonyl (C=O) groups excluding carboxylic acids is 3. The Labute approximate surface area is 159 Å². The Kier molecular flexibility index (Phi) is 5.98. The highest BCUT2D eigenvalue weighted by atomic mass is 16.5. The van der Waals surface area contributed by atoms with Crippen LogP contribution in [0.1, 0.15) is 37.7 Å². The molecule has 0 radical (unpaired) electrons. The van der Waals surface area contributed by atoms with Crippen LogP contribution in [0.25, 0.3) is 0 Å². The maximum absolute atomic E-state index is 12.8. The van der Waals surface area contributed by atoms with Gasteiger partial charge in [0.25, 0.3) is 0 Å². The number of ether oxygens (including phenoxy) is 1. The predicted molar refractivity (Wildman–Crippen MR) is 101 cm³/mol. The predicted octanol–water partition coefficient (Wildman–Crippen LogP) is 2.45. The molecular weight excluding hydrogens is 346 g/mol. The van der Waals surface area contributed by atoms with Gasteiger partial charge in [-0.3, -0.25) is 4.79 Å². The third-order valence-corrected chi connectivity index (χ3v) is 5.53. The highest BCUT2D eigenvalue weighted by Gasteiger charge is 2.47. The number of amides is 3. The first-order chi connectivity index (χ1) is 13.0. The van der Waals surface area contributed by atoms with E-state index in [-0.39, 0.29) is 24.5 Å². The molecule has 0 bridgehead atoms. The van der Waals surface area contributed by atoms with Crippen molar-refractivity contribution < 1.29 is 19.1 Å². The monoisotopic (exact) mass is 373 g/mol. The van der Waals surface area contributed by atoms with E-state index in [1.165, 1.54) is 7.11 Å². The molecule has 2 N–H and O–H groups in total. The van der Waals surface area contributed by atoms with Gasteiger partial charge in [0.1, 0.15) is 6.04 Å². The number of esters is 1. The fourth-order valence-electron chi connectivity index (χ4n) is 4.31. The lowest BCUT2D eigenvalue weighted by atomic mass is 9.85. The minimum Gasteiger partial charge on any atom is -0.467 e. The molecule has 1 saturated heterocycles. The molecule has 3 unspecified atom stereocenters. The number of nitrogens with zero attached hydrogens (tertiary/aromatic N) is 1. The number of hydrogen-bond donors (Lipinski definition) is 2. The van der Waals surface area contributed by atoms with Crippen LogP contribution in [0.4, 0.5) is 10.5 Å². The van der Waals surface area contributed by atoms with Crippen LogP contribution in [-0.4, -0.2) is 48.5 Å². The molecular formula is C20H27N3O4. The van der Waals surface area contributed by atoms with Gasteiger partial charge >= 0.3 is 12.0 Å². The van der Waals surface area contributed by atoms with Crippen LogP contribution in [-0.2, 0) is 14.3 Å². The van der Waals surface area contributed by atoms with Crippen molar-refractivity contribution in [2.24, 2.45) is 5.92 Å². The summed E-state index contributed by atoms with van der Waals surface area (Å²) in [5.41, 5.74) is 1.70. The number of methoxy groups -OCH3 is 1. The largest absolute Gasteiger partial charge is 0.467 e. The van der Waals surface area contributed by atoms with E-state index in [9.17, 15) is 14.4 Å². The van der Waals surface area contributed by atoms with Crippen LogP contribution in [0.2, 0.25) is 0 Å². The van der Waals surface area contributed by atoms with Gasteiger partial charge < -0.3 is 20.3 Å². The zero-order chi connectivity index (χ0) is 19.4. The Hall–Kier alpha value is -2.57. The van der Waals surface area contributed by atoms with Crippen LogP contribution < -0.4 is 10.6 Å². The van der Waals surface area contributed by atoms with Gasteiger partial charge in [0, 0.05) is 11.7 Å². The number of urea groups is 1. The fourth-order valence-corrected chi connectivity index (χ4v) is 4.31. The van der Waals surface area contributed by atoms with E-state index in [0.29, 0.717) is 18.0 Å². The molecule has 1 aromatic carbocycles. The Morgan fingerprint density at radius 1 is 1.22 bits per heavy atom. The molecule has 7 nitrogen and oxygen atoms in total. The zero-order valence-electron chi connectivity index (χ0n) is 15.9. The number of benzene rings is 1. The molecule has 7 heteroatoms. The molecule has 3 rings (SSSR count). The van der Waals surface area contributed by atoms with E-state index < -0.39 is 12.1 Å². The van der Waals surface area contributed by atoms with Crippen LogP contribution in [0.15, 0.2) is 24.3 Å². The summed E-state index contributed by atoms with van der Waals surface area (Å²) in [5.74, 6) is -0.269. The molecule has 1 aliphatic carbocycles. The number of likely N-dealkylation sites (tertiary alicyclic amines) is 1. The number of carbonyl (C=O) groups is 3. The van der Waals surface area contributed by atoms with Gasteiger partial charge in [-0.25, -0.2) is 9.59 Å². The zero-order valence-corrected chi connectivity index (χ0v) is 15.9. The summed E-state index contributed by atoms with van der Waals surface area (Å²) in [6, 6.07) is 6.51. The van der Waals surface area contributed by atoms with Crippen LogP contribution in [0, 0.1) is 12.8 Å². The Morgan fingerprint density at radius 3 is 2.74 bits per heavy atom. The smallest absolute Gasteiger partial charge is 0.328 e. The van der Waals surface area contributed by atoms with Crippen molar-refractivity contribution in [2.75, 3.05) is 19.0 Å². The molecule has 3 atom stereocenters. The maximum atomic E-state index is 12.8. The second-order valence-electron chi connectivity index (χ2n) is 7.36. The molecule has 146 valence electrons. The lowest BCUT2D eigenvalue weighted by molar-refractivity contribution is -0.152. The fraction of sp³-hybridized carbons (Fsp3) is 0.550. The average molecular weight is 373 g/mol. The number of hydrogen-bond acceptors (Lipinski definition) is 4. The van der Waals surface area contributed by atoms with Crippen molar-refractivity contribution in [3.8, 4) is 0 Å². The van der Waals surface area contributed by atoms with E-state index in [2.05, 4.69) is 10.6 Å². The highest BCUT2D eigenvalue weighted by Crippen LogP contribution is 2.40. The quantitative estimate of drug-likeness (QED) is 0.794. The average Bonchev–Trinajstić information content (AvgIpc) is 3.05. The van der Waals surface area contributed by atoms with Gasteiger partial charge in [-0.15, -0.1) is 0 Å². The Balaban J connectivity index is 1.61. The van der Waals surface area contributed by atoms with Crippen LogP contribution >= 0.6 is 0 Å². The SMILES string of the molecule is COC(=O)C1CC2CCCCC2N1C(=O)CNC(=O)Nc1cccc(C)c1. The minimum atomic E-state index is -0.544. The minimum absolute atomic E-state index is 0.0667. The summed E-state index contributed by atoms with van der Waals surface area (Å²) < 4.78 is 4.90. The lowest BCUT2D eigenvalue weighted by Gasteiger charge is -2.33. The highest BCUT2D eigenvalue weighted by molar-refractivity contribution is 5.93. The molecule has 1 heterocycles. The van der Waals surface area contributed by atoms with Gasteiger partial charge in [0.05, 0.1) is 13.7 Å². The van der Waals surface area contributed by atoms with Gasteiger partial charge in [-0.1, -0.05) is 25.0 Å². The standard InChI is InChI=1S/C20H27N3O4/c1-13-6-5-8-15(10-13)22-20(26)21-12-18(24)23-16-9-4-3-7-14(16)11-17(23)19(25)27-2/h5-6,8,10,14,16-17H,3-4,7,9,11-12H2,1-2H3,(H2,21,22,26). The van der Waals surface area contributed by atoms with Gasteiger partial charge in [0.15, 0.2) is 0 Å². The summed E-state index contributed by atoms with van der Waals surface area (Å²) in [5, 5.41) is 5.32. The summed E-state index contributed by atoms with van der Waals surface area (Å²) in [6.07, 6.45) is 4.77. The van der Waals surface area contributed by atoms with E-state index in [1.54, 1.807) is 11.0 Å². The number of fused-ring (bicyclic) bond motifs is 1. The number of anilines is 1. The van der Waals surface area contributed by atoms with Crippen molar-refractivity contribution >= 4 is 23.6 Å². The molecule has 0 aromatic heterocycles. The lowest BCUT2D eigenvalue weighted by Crippen LogP contribution is -2.50. The normalized spacial score (nSPS) is 24.1. The first kappa shape index (κ1) is 19.2. The van der Waals surface area contributed by atoms with Crippen molar-refractivity contribution in [2.45, 2.75) is 51.1 Å². The second kappa shape index (κ2) is 8.41. The first-order valence-corrected chi connectivity index (χ1v) is 9.50. The Morgan fingerprint density at radius 2 is 2.00 bits per heavy atom. The molecule has 27 heavy (non-hydrogen) atoms. The first-order valence-electron chi connectivity index (χ1n) is 9.50. The van der Waals surface area contributed by atoms with E-state index >= 15 is 0 Å². The van der Waals surface area contributed by atoms with Crippen molar-refractivity contribution in [1.29, 1.82) is 0 Å². The van der Waals surface area contributed by atoms with Crippen LogP contribution in [0.3, 0.4) is 0 Å². The summed E-state index contributed by atoms with van der Waals surface area (Å²) >= 11 is 0. The number of rotatable bonds is 4. The maximum Gasteiger partial charge on any atom is 0.328 e. The molecule has 0 spiro atoms. The molecule has 1 aromatic rings. The summed E-state index contributed by atoms with van der Waals surface area (Å²) in [6.45, 7) is 1.79. The van der Waals surface area contributed by atoms with E-state index in [1.807, 2.05) is 25.1 Å². The number of aryl methyl sites for hydroxylation is 1. The second-order valence-corrected chi connectivity index (χ2v) is 7.36. The topological polar surface area (TPSA) is 87.7 Å².